The molecular weight excluding hydrogens is 247 g/mol. The monoisotopic (exact) mass is 257 g/mol. The van der Waals surface area contributed by atoms with Crippen LogP contribution in [0.5, 0.6) is 0 Å². The molecule has 5 heteroatoms. The molecule has 0 aliphatic rings. The molecule has 0 fully saturated rings. The Balaban J connectivity index is 2.76. The van der Waals surface area contributed by atoms with Crippen molar-refractivity contribution in [3.05, 3.63) is 32.9 Å². The van der Waals surface area contributed by atoms with E-state index < -0.39 is 0 Å². The number of hydrogen-bond donors (Lipinski definition) is 0. The van der Waals surface area contributed by atoms with Gasteiger partial charge < -0.3 is 0 Å². The van der Waals surface area contributed by atoms with Crippen LogP contribution in [0.3, 0.4) is 0 Å². The van der Waals surface area contributed by atoms with Crippen LogP contribution in [0.25, 0.3) is 9.78 Å². The van der Waals surface area contributed by atoms with E-state index in [1.807, 2.05) is 17.7 Å². The summed E-state index contributed by atoms with van der Waals surface area (Å²) < 4.78 is 4.54. The molecule has 0 aliphatic heterocycles. The summed E-state index contributed by atoms with van der Waals surface area (Å²) in [5, 5.41) is 10.6. The van der Waals surface area contributed by atoms with Gasteiger partial charge in [0.05, 0.1) is 0 Å². The number of nitro groups is 1. The molecule has 2 aromatic rings. The maximum absolute atomic E-state index is 10.6. The van der Waals surface area contributed by atoms with Gasteiger partial charge in [-0.25, -0.2) is 0 Å². The second-order valence-electron chi connectivity index (χ2n) is 3.09. The second kappa shape index (κ2) is 3.19. The summed E-state index contributed by atoms with van der Waals surface area (Å²) in [7, 11) is 1.95. The van der Waals surface area contributed by atoms with E-state index in [0.717, 1.165) is 5.52 Å². The van der Waals surface area contributed by atoms with Gasteiger partial charge in [-0.15, -0.1) is 0 Å². The summed E-state index contributed by atoms with van der Waals surface area (Å²) in [4.78, 5) is 10.2. The van der Waals surface area contributed by atoms with Gasteiger partial charge >= 0.3 is 86.3 Å². The molecule has 1 aromatic carbocycles. The molecule has 0 bridgehead atoms. The van der Waals surface area contributed by atoms with Crippen molar-refractivity contribution in [1.29, 1.82) is 0 Å². The van der Waals surface area contributed by atoms with Crippen molar-refractivity contribution in [2.24, 2.45) is 7.05 Å². The van der Waals surface area contributed by atoms with E-state index in [2.05, 4.69) is 6.92 Å². The maximum atomic E-state index is 10.6. The van der Waals surface area contributed by atoms with Crippen molar-refractivity contribution in [2.45, 2.75) is 6.92 Å². The molecule has 0 N–H and O–H groups in total. The van der Waals surface area contributed by atoms with Gasteiger partial charge in [0.15, 0.2) is 0 Å². The van der Waals surface area contributed by atoms with E-state index in [1.54, 1.807) is 12.1 Å². The first kappa shape index (κ1) is 9.37. The summed E-state index contributed by atoms with van der Waals surface area (Å²) in [6.07, 6.45) is 0. The van der Waals surface area contributed by atoms with Crippen molar-refractivity contribution in [3.8, 4) is 0 Å². The minimum absolute atomic E-state index is 0.168. The first-order valence-corrected chi connectivity index (χ1v) is 5.84. The first-order chi connectivity index (χ1) is 6.59. The third-order valence-electron chi connectivity index (χ3n) is 2.24. The van der Waals surface area contributed by atoms with E-state index in [4.69, 9.17) is 0 Å². The molecule has 0 amide bonds. The number of benzene rings is 1. The molecule has 14 heavy (non-hydrogen) atoms. The molecule has 1 aromatic heterocycles. The predicted molar refractivity (Wildman–Crippen MR) is 53.5 cm³/mol. The number of rotatable bonds is 1. The van der Waals surface area contributed by atoms with Crippen molar-refractivity contribution >= 4 is 30.0 Å². The van der Waals surface area contributed by atoms with Crippen molar-refractivity contribution in [2.75, 3.05) is 0 Å². The number of non-ortho nitro benzene ring substituents is 1. The molecule has 0 radical (unpaired) electrons. The molecular formula is C9H9N2O2Se+. The Bertz CT molecular complexity index is 519. The molecule has 72 valence electrons. The first-order valence-electron chi connectivity index (χ1n) is 4.13. The van der Waals surface area contributed by atoms with Crippen LogP contribution in [-0.4, -0.2) is 19.4 Å². The van der Waals surface area contributed by atoms with E-state index in [-0.39, 0.29) is 10.6 Å². The van der Waals surface area contributed by atoms with Crippen LogP contribution < -0.4 is 4.57 Å². The zero-order valence-electron chi connectivity index (χ0n) is 7.85. The van der Waals surface area contributed by atoms with Crippen LogP contribution in [0.2, 0.25) is 0 Å². The molecule has 0 atom stereocenters. The van der Waals surface area contributed by atoms with Gasteiger partial charge in [0.25, 0.3) is 0 Å². The van der Waals surface area contributed by atoms with Crippen LogP contribution in [0, 0.1) is 17.0 Å². The number of fused-ring (bicyclic) bond motifs is 1. The summed E-state index contributed by atoms with van der Waals surface area (Å²) >= 11 is 0.333. The third kappa shape index (κ3) is 1.34. The van der Waals surface area contributed by atoms with E-state index in [0.29, 0.717) is 14.5 Å². The third-order valence-corrected chi connectivity index (χ3v) is 4.62. The molecule has 2 rings (SSSR count). The molecule has 1 heterocycles. The summed E-state index contributed by atoms with van der Waals surface area (Å²) in [6, 6.07) is 5.08. The van der Waals surface area contributed by atoms with Crippen molar-refractivity contribution in [3.63, 3.8) is 0 Å². The molecule has 0 saturated carbocycles. The fraction of sp³-hybridized carbons (Fsp3) is 0.222. The van der Waals surface area contributed by atoms with Crippen LogP contribution in [0.4, 0.5) is 5.69 Å². The predicted octanol–water partition coefficient (Wildman–Crippen LogP) is 0.938. The minimum atomic E-state index is -0.352. The average Bonchev–Trinajstić information content (AvgIpc) is 2.43. The Morgan fingerprint density at radius 2 is 2.21 bits per heavy atom. The molecule has 0 saturated heterocycles. The van der Waals surface area contributed by atoms with Crippen LogP contribution in [0.15, 0.2) is 18.2 Å². The number of aryl methyl sites for hydroxylation is 2. The van der Waals surface area contributed by atoms with E-state index >= 15 is 0 Å². The van der Waals surface area contributed by atoms with Gasteiger partial charge in [-0.1, -0.05) is 0 Å². The van der Waals surface area contributed by atoms with Gasteiger partial charge in [-0.05, 0) is 0 Å². The van der Waals surface area contributed by atoms with Gasteiger partial charge in [0, 0.05) is 0 Å². The van der Waals surface area contributed by atoms with Gasteiger partial charge in [-0.3, -0.25) is 0 Å². The average molecular weight is 256 g/mol. The molecule has 0 spiro atoms. The Kier molecular flexibility index (Phi) is 2.13. The zero-order chi connectivity index (χ0) is 10.3. The van der Waals surface area contributed by atoms with Gasteiger partial charge in [-0.2, -0.15) is 0 Å². The standard InChI is InChI=1S/C9H9N2O2Se/c1-6-10(2)8-5-7(11(12)13)3-4-9(8)14-6/h3-5H,1-2H3/q+1. The number of nitrogens with zero attached hydrogens (tertiary/aromatic N) is 2. The molecule has 0 aliphatic carbocycles. The Labute approximate surface area is 86.7 Å². The number of nitro benzene ring substituents is 1. The normalized spacial score (nSPS) is 10.7. The second-order valence-corrected chi connectivity index (χ2v) is 5.68. The Hall–Kier alpha value is -1.19. The van der Waals surface area contributed by atoms with Crippen LogP contribution in [-0.2, 0) is 7.05 Å². The van der Waals surface area contributed by atoms with E-state index in [1.165, 1.54) is 8.83 Å². The summed E-state index contributed by atoms with van der Waals surface area (Å²) in [6.45, 7) is 2.06. The fourth-order valence-electron chi connectivity index (χ4n) is 1.36. The number of aromatic nitrogens is 1. The summed E-state index contributed by atoms with van der Waals surface area (Å²) in [5.74, 6) is 0. The SMILES string of the molecule is Cc1[se]c2ccc([N+](=O)[O-])cc2[n+]1C. The van der Waals surface area contributed by atoms with Crippen LogP contribution >= 0.6 is 0 Å². The Morgan fingerprint density at radius 3 is 2.86 bits per heavy atom. The van der Waals surface area contributed by atoms with Gasteiger partial charge in [0.1, 0.15) is 0 Å². The zero-order valence-corrected chi connectivity index (χ0v) is 9.56. The molecule has 0 unspecified atom stereocenters. The summed E-state index contributed by atoms with van der Waals surface area (Å²) in [5.41, 5.74) is 1.15. The van der Waals surface area contributed by atoms with Crippen molar-refractivity contribution < 1.29 is 9.49 Å². The van der Waals surface area contributed by atoms with Crippen LogP contribution in [0.1, 0.15) is 4.57 Å². The topological polar surface area (TPSA) is 47.0 Å². The Morgan fingerprint density at radius 1 is 1.50 bits per heavy atom. The molecule has 4 nitrogen and oxygen atoms in total. The van der Waals surface area contributed by atoms with Crippen molar-refractivity contribution in [1.82, 2.24) is 0 Å². The van der Waals surface area contributed by atoms with E-state index in [9.17, 15) is 10.1 Å². The quantitative estimate of drug-likeness (QED) is 0.330. The fourth-order valence-corrected chi connectivity index (χ4v) is 3.44. The van der Waals surface area contributed by atoms with Gasteiger partial charge in [0.2, 0.25) is 0 Å². The number of hydrogen-bond acceptors (Lipinski definition) is 2.